The van der Waals surface area contributed by atoms with Crippen molar-refractivity contribution in [1.29, 1.82) is 0 Å². The van der Waals surface area contributed by atoms with Gasteiger partial charge in [0, 0.05) is 5.41 Å². The molecule has 0 amide bonds. The average molecular weight is 282 g/mol. The Morgan fingerprint density at radius 2 is 1.84 bits per heavy atom. The first-order valence-electron chi connectivity index (χ1n) is 6.21. The van der Waals surface area contributed by atoms with Gasteiger partial charge in [-0.25, -0.2) is 0 Å². The fourth-order valence-corrected chi connectivity index (χ4v) is 3.36. The average Bonchev–Trinajstić information content (AvgIpc) is 2.41. The number of aliphatic hydroxyl groups excluding tert-OH is 1. The molecule has 1 heterocycles. The molecule has 0 aromatic heterocycles. The van der Waals surface area contributed by atoms with Gasteiger partial charge in [0.25, 0.3) is 0 Å². The van der Waals surface area contributed by atoms with Crippen LogP contribution < -0.4 is 0 Å². The van der Waals surface area contributed by atoms with Crippen LogP contribution in [0.1, 0.15) is 19.4 Å². The molecule has 1 aliphatic heterocycles. The molecule has 1 aliphatic rings. The maximum absolute atomic E-state index is 12.3. The molecule has 5 heteroatoms. The number of aliphatic hydroxyl groups is 1. The minimum Gasteiger partial charge on any atom is -0.377 e. The lowest BCUT2D eigenvalue weighted by atomic mass is 9.97. The molecule has 1 N–H and O–H groups in total. The van der Waals surface area contributed by atoms with Crippen LogP contribution in [0.5, 0.6) is 0 Å². The van der Waals surface area contributed by atoms with E-state index in [1.54, 1.807) is 6.08 Å². The third kappa shape index (κ3) is 3.77. The van der Waals surface area contributed by atoms with Crippen molar-refractivity contribution < 1.29 is 18.7 Å². The zero-order valence-corrected chi connectivity index (χ0v) is 12.0. The van der Waals surface area contributed by atoms with Crippen molar-refractivity contribution >= 4 is 13.7 Å². The van der Waals surface area contributed by atoms with Crippen LogP contribution in [0, 0.1) is 5.41 Å². The van der Waals surface area contributed by atoms with E-state index in [1.165, 1.54) is 6.08 Å². The fourth-order valence-electron chi connectivity index (χ4n) is 1.63. The minimum absolute atomic E-state index is 0.170. The predicted octanol–water partition coefficient (Wildman–Crippen LogP) is 3.28. The van der Waals surface area contributed by atoms with E-state index >= 15 is 0 Å². The van der Waals surface area contributed by atoms with Crippen LogP contribution in [0.3, 0.4) is 0 Å². The molecule has 0 aliphatic carbocycles. The molecular formula is C14H19O4P. The van der Waals surface area contributed by atoms with E-state index in [0.717, 1.165) is 5.56 Å². The van der Waals surface area contributed by atoms with Gasteiger partial charge in [0.2, 0.25) is 0 Å². The Morgan fingerprint density at radius 1 is 1.26 bits per heavy atom. The van der Waals surface area contributed by atoms with Gasteiger partial charge in [-0.2, -0.15) is 0 Å². The van der Waals surface area contributed by atoms with Gasteiger partial charge in [0.1, 0.15) is 0 Å². The summed E-state index contributed by atoms with van der Waals surface area (Å²) in [5, 5.41) is 9.96. The fraction of sp³-hybridized carbons (Fsp3) is 0.429. The Balaban J connectivity index is 2.02. The Hall–Kier alpha value is -0.930. The third-order valence-corrected chi connectivity index (χ3v) is 4.65. The van der Waals surface area contributed by atoms with Crippen LogP contribution in [0.25, 0.3) is 6.08 Å². The Morgan fingerprint density at radius 3 is 2.42 bits per heavy atom. The van der Waals surface area contributed by atoms with Crippen LogP contribution in [-0.2, 0) is 13.6 Å². The van der Waals surface area contributed by atoms with Crippen molar-refractivity contribution in [2.24, 2.45) is 5.41 Å². The van der Waals surface area contributed by atoms with Crippen LogP contribution in [0.15, 0.2) is 36.4 Å². The van der Waals surface area contributed by atoms with E-state index in [-0.39, 0.29) is 5.41 Å². The van der Waals surface area contributed by atoms with E-state index < -0.39 is 13.4 Å². The van der Waals surface area contributed by atoms with E-state index in [2.05, 4.69) is 0 Å². The zero-order chi connectivity index (χ0) is 13.9. The van der Waals surface area contributed by atoms with Crippen molar-refractivity contribution in [3.8, 4) is 0 Å². The SMILES string of the molecule is CC1(C)COP(=O)(C(O)C=Cc2ccccc2)OC1. The van der Waals surface area contributed by atoms with Gasteiger partial charge in [-0.1, -0.05) is 50.3 Å². The molecule has 1 unspecified atom stereocenters. The minimum atomic E-state index is -3.45. The van der Waals surface area contributed by atoms with Crippen molar-refractivity contribution in [3.63, 3.8) is 0 Å². The standard InChI is InChI=1S/C14H19O4P/c1-14(2)10-17-19(16,18-11-14)13(15)9-8-12-6-4-3-5-7-12/h3-9,13,15H,10-11H2,1-2H3. The molecule has 0 saturated carbocycles. The van der Waals surface area contributed by atoms with Gasteiger partial charge in [0.05, 0.1) is 13.2 Å². The largest absolute Gasteiger partial charge is 0.377 e. The lowest BCUT2D eigenvalue weighted by Gasteiger charge is -2.35. The number of hydrogen-bond acceptors (Lipinski definition) is 4. The summed E-state index contributed by atoms with van der Waals surface area (Å²) in [4.78, 5) is 0. The first-order chi connectivity index (χ1) is 8.91. The van der Waals surface area contributed by atoms with Crippen molar-refractivity contribution in [2.45, 2.75) is 19.7 Å². The molecule has 19 heavy (non-hydrogen) atoms. The highest BCUT2D eigenvalue weighted by Gasteiger charge is 2.41. The topological polar surface area (TPSA) is 55.8 Å². The van der Waals surface area contributed by atoms with Gasteiger partial charge in [-0.15, -0.1) is 0 Å². The summed E-state index contributed by atoms with van der Waals surface area (Å²) in [5.41, 5.74) is 0.752. The molecule has 1 fully saturated rings. The molecule has 0 spiro atoms. The highest BCUT2D eigenvalue weighted by atomic mass is 31.2. The van der Waals surface area contributed by atoms with E-state index in [1.807, 2.05) is 44.2 Å². The number of rotatable bonds is 3. The summed E-state index contributed by atoms with van der Waals surface area (Å²) in [6, 6.07) is 9.48. The maximum atomic E-state index is 12.3. The molecule has 0 radical (unpaired) electrons. The Kier molecular flexibility index (Phi) is 4.26. The van der Waals surface area contributed by atoms with Crippen molar-refractivity contribution in [2.75, 3.05) is 13.2 Å². The van der Waals surface area contributed by atoms with E-state index in [9.17, 15) is 9.67 Å². The van der Waals surface area contributed by atoms with Crippen LogP contribution in [0.4, 0.5) is 0 Å². The zero-order valence-electron chi connectivity index (χ0n) is 11.2. The highest BCUT2D eigenvalue weighted by Crippen LogP contribution is 2.57. The summed E-state index contributed by atoms with van der Waals surface area (Å²) in [5.74, 6) is -1.23. The Labute approximate surface area is 113 Å². The maximum Gasteiger partial charge on any atom is 0.362 e. The molecule has 0 bridgehead atoms. The van der Waals surface area contributed by atoms with Crippen LogP contribution in [0.2, 0.25) is 0 Å². The summed E-state index contributed by atoms with van der Waals surface area (Å²) >= 11 is 0. The van der Waals surface area contributed by atoms with Gasteiger partial charge >= 0.3 is 7.60 Å². The number of hydrogen-bond donors (Lipinski definition) is 1. The second kappa shape index (κ2) is 5.59. The monoisotopic (exact) mass is 282 g/mol. The molecular weight excluding hydrogens is 263 g/mol. The summed E-state index contributed by atoms with van der Waals surface area (Å²) < 4.78 is 22.8. The molecule has 1 saturated heterocycles. The lowest BCUT2D eigenvalue weighted by molar-refractivity contribution is 0.0281. The predicted molar refractivity (Wildman–Crippen MR) is 74.8 cm³/mol. The smallest absolute Gasteiger partial charge is 0.362 e. The summed E-state index contributed by atoms with van der Waals surface area (Å²) in [6.07, 6.45) is 3.16. The van der Waals surface area contributed by atoms with E-state index in [4.69, 9.17) is 9.05 Å². The normalized spacial score (nSPS) is 23.3. The van der Waals surface area contributed by atoms with Crippen LogP contribution in [-0.4, -0.2) is 24.2 Å². The molecule has 1 aromatic carbocycles. The second-order valence-electron chi connectivity index (χ2n) is 5.43. The first-order valence-corrected chi connectivity index (χ1v) is 7.83. The second-order valence-corrected chi connectivity index (χ2v) is 7.56. The van der Waals surface area contributed by atoms with Gasteiger partial charge in [0.15, 0.2) is 5.85 Å². The Bertz CT molecular complexity index is 481. The third-order valence-electron chi connectivity index (χ3n) is 2.85. The lowest BCUT2D eigenvalue weighted by Crippen LogP contribution is -2.31. The van der Waals surface area contributed by atoms with Crippen molar-refractivity contribution in [1.82, 2.24) is 0 Å². The molecule has 1 atom stereocenters. The summed E-state index contributed by atoms with van der Waals surface area (Å²) in [7, 11) is -3.45. The molecule has 2 rings (SSSR count). The van der Waals surface area contributed by atoms with Crippen LogP contribution >= 0.6 is 7.60 Å². The molecule has 1 aromatic rings. The first kappa shape index (κ1) is 14.5. The summed E-state index contributed by atoms with van der Waals surface area (Å²) in [6.45, 7) is 4.56. The highest BCUT2D eigenvalue weighted by molar-refractivity contribution is 7.54. The van der Waals surface area contributed by atoms with Gasteiger partial charge < -0.3 is 14.2 Å². The number of benzene rings is 1. The van der Waals surface area contributed by atoms with Gasteiger partial charge in [-0.3, -0.25) is 4.57 Å². The molecule has 104 valence electrons. The quantitative estimate of drug-likeness (QED) is 0.864. The van der Waals surface area contributed by atoms with Crippen molar-refractivity contribution in [3.05, 3.63) is 42.0 Å². The van der Waals surface area contributed by atoms with Gasteiger partial charge in [-0.05, 0) is 11.6 Å². The molecule has 4 nitrogen and oxygen atoms in total. The van der Waals surface area contributed by atoms with E-state index in [0.29, 0.717) is 13.2 Å².